The van der Waals surface area contributed by atoms with Gasteiger partial charge in [0.05, 0.1) is 0 Å². The summed E-state index contributed by atoms with van der Waals surface area (Å²) in [6.45, 7) is 0.243. The van der Waals surface area contributed by atoms with Crippen LogP contribution in [0.2, 0.25) is 0 Å². The summed E-state index contributed by atoms with van der Waals surface area (Å²) in [7, 11) is 0. The number of ether oxygens (including phenoxy) is 1. The number of alkyl halides is 3. The Morgan fingerprint density at radius 3 is 2.65 bits per heavy atom. The van der Waals surface area contributed by atoms with E-state index in [4.69, 9.17) is 5.73 Å². The van der Waals surface area contributed by atoms with Crippen molar-refractivity contribution in [2.24, 2.45) is 5.73 Å². The lowest BCUT2D eigenvalue weighted by atomic mass is 9.94. The van der Waals surface area contributed by atoms with Gasteiger partial charge in [0.25, 0.3) is 5.91 Å². The van der Waals surface area contributed by atoms with E-state index in [1.54, 1.807) is 6.08 Å². The van der Waals surface area contributed by atoms with Gasteiger partial charge >= 0.3 is 6.36 Å². The largest absolute Gasteiger partial charge is 0.523 e. The predicted molar refractivity (Wildman–Crippen MR) is 54.8 cm³/mol. The lowest BCUT2D eigenvalue weighted by Gasteiger charge is -2.30. The Morgan fingerprint density at radius 1 is 1.47 bits per heavy atom. The number of nitrogens with one attached hydrogen (secondary N) is 1. The number of hydrogen-bond acceptors (Lipinski definition) is 3. The molecule has 0 bridgehead atoms. The van der Waals surface area contributed by atoms with Crippen LogP contribution < -0.4 is 11.1 Å². The van der Waals surface area contributed by atoms with Crippen LogP contribution in [0.15, 0.2) is 24.3 Å². The molecule has 7 heteroatoms. The first-order chi connectivity index (χ1) is 7.90. The molecule has 0 radical (unpaired) electrons. The molecule has 0 saturated carbocycles. The molecule has 0 spiro atoms. The number of carbonyl (C=O) groups is 1. The molecule has 0 aromatic carbocycles. The van der Waals surface area contributed by atoms with Crippen LogP contribution in [-0.4, -0.2) is 31.0 Å². The molecule has 0 aromatic rings. The molecule has 1 atom stereocenters. The number of halogens is 3. The molecule has 0 saturated heterocycles. The third kappa shape index (κ3) is 3.86. The third-order valence-electron chi connectivity index (χ3n) is 2.15. The van der Waals surface area contributed by atoms with Gasteiger partial charge in [0.15, 0.2) is 5.60 Å². The Labute approximate surface area is 96.3 Å². The smallest absolute Gasteiger partial charge is 0.352 e. The monoisotopic (exact) mass is 250 g/mol. The molecule has 1 unspecified atom stereocenters. The quantitative estimate of drug-likeness (QED) is 0.777. The summed E-state index contributed by atoms with van der Waals surface area (Å²) in [4.78, 5) is 11.7. The van der Waals surface area contributed by atoms with Gasteiger partial charge in [0.2, 0.25) is 0 Å². The maximum atomic E-state index is 12.3. The highest BCUT2D eigenvalue weighted by Gasteiger charge is 2.47. The van der Waals surface area contributed by atoms with E-state index in [1.165, 1.54) is 12.2 Å². The van der Waals surface area contributed by atoms with Crippen molar-refractivity contribution >= 4 is 5.91 Å². The maximum absolute atomic E-state index is 12.3. The summed E-state index contributed by atoms with van der Waals surface area (Å²) in [6, 6.07) is 0. The Morgan fingerprint density at radius 2 is 2.18 bits per heavy atom. The molecule has 0 aliphatic heterocycles. The minimum Gasteiger partial charge on any atom is -0.352 e. The van der Waals surface area contributed by atoms with Crippen molar-refractivity contribution in [2.45, 2.75) is 18.4 Å². The van der Waals surface area contributed by atoms with Crippen molar-refractivity contribution in [3.8, 4) is 0 Å². The van der Waals surface area contributed by atoms with Gasteiger partial charge < -0.3 is 11.1 Å². The number of amides is 1. The van der Waals surface area contributed by atoms with E-state index in [-0.39, 0.29) is 19.5 Å². The van der Waals surface area contributed by atoms with Gasteiger partial charge in [0, 0.05) is 19.5 Å². The number of allylic oxidation sites excluding steroid dienone is 2. The first-order valence-electron chi connectivity index (χ1n) is 4.99. The summed E-state index contributed by atoms with van der Waals surface area (Å²) in [6.07, 6.45) is 0.376. The van der Waals surface area contributed by atoms with Gasteiger partial charge in [-0.05, 0) is 6.08 Å². The Balaban J connectivity index is 2.83. The van der Waals surface area contributed by atoms with Crippen LogP contribution in [0.25, 0.3) is 0 Å². The molecule has 0 aromatic heterocycles. The van der Waals surface area contributed by atoms with Gasteiger partial charge in [-0.25, -0.2) is 0 Å². The number of carbonyl (C=O) groups excluding carboxylic acids is 1. The van der Waals surface area contributed by atoms with Crippen LogP contribution in [0.3, 0.4) is 0 Å². The highest BCUT2D eigenvalue weighted by molar-refractivity contribution is 5.88. The van der Waals surface area contributed by atoms with E-state index >= 15 is 0 Å². The fourth-order valence-corrected chi connectivity index (χ4v) is 1.43. The molecule has 0 heterocycles. The molecule has 1 aliphatic carbocycles. The molecular weight excluding hydrogens is 237 g/mol. The zero-order chi connectivity index (χ0) is 12.9. The lowest BCUT2D eigenvalue weighted by molar-refractivity contribution is -0.351. The summed E-state index contributed by atoms with van der Waals surface area (Å²) in [5.74, 6) is -0.846. The zero-order valence-electron chi connectivity index (χ0n) is 8.96. The first-order valence-corrected chi connectivity index (χ1v) is 4.99. The van der Waals surface area contributed by atoms with Crippen LogP contribution in [0, 0.1) is 0 Å². The van der Waals surface area contributed by atoms with Crippen molar-refractivity contribution in [1.29, 1.82) is 0 Å². The van der Waals surface area contributed by atoms with Crippen molar-refractivity contribution in [3.63, 3.8) is 0 Å². The predicted octanol–water partition coefficient (Wildman–Crippen LogP) is 0.853. The minimum atomic E-state index is -4.88. The second-order valence-corrected chi connectivity index (χ2v) is 3.47. The maximum Gasteiger partial charge on any atom is 0.523 e. The fraction of sp³-hybridized carbons (Fsp3) is 0.500. The third-order valence-corrected chi connectivity index (χ3v) is 2.15. The van der Waals surface area contributed by atoms with Gasteiger partial charge in [-0.3, -0.25) is 9.53 Å². The molecule has 3 N–H and O–H groups in total. The van der Waals surface area contributed by atoms with Crippen molar-refractivity contribution in [3.05, 3.63) is 24.3 Å². The van der Waals surface area contributed by atoms with Crippen LogP contribution in [0.4, 0.5) is 13.2 Å². The zero-order valence-corrected chi connectivity index (χ0v) is 8.96. The number of nitrogens with two attached hydrogens (primary N) is 1. The average Bonchev–Trinajstić information content (AvgIpc) is 2.24. The van der Waals surface area contributed by atoms with Crippen LogP contribution >= 0.6 is 0 Å². The van der Waals surface area contributed by atoms with Gasteiger partial charge in [-0.1, -0.05) is 18.2 Å². The molecule has 1 aliphatic rings. The summed E-state index contributed by atoms with van der Waals surface area (Å²) < 4.78 is 40.8. The van der Waals surface area contributed by atoms with E-state index in [0.717, 1.165) is 6.08 Å². The summed E-state index contributed by atoms with van der Waals surface area (Å²) in [5.41, 5.74) is 3.14. The Hall–Kier alpha value is -1.34. The fourth-order valence-electron chi connectivity index (χ4n) is 1.43. The second kappa shape index (κ2) is 5.33. The van der Waals surface area contributed by atoms with E-state index in [0.29, 0.717) is 0 Å². The number of rotatable bonds is 4. The molecule has 4 nitrogen and oxygen atoms in total. The molecule has 17 heavy (non-hydrogen) atoms. The summed E-state index contributed by atoms with van der Waals surface area (Å²) >= 11 is 0. The second-order valence-electron chi connectivity index (χ2n) is 3.47. The Bertz CT molecular complexity index is 339. The summed E-state index contributed by atoms with van der Waals surface area (Å²) in [5, 5.41) is 2.29. The van der Waals surface area contributed by atoms with Crippen molar-refractivity contribution in [2.75, 3.05) is 13.1 Å². The van der Waals surface area contributed by atoms with E-state index in [1.807, 2.05) is 0 Å². The van der Waals surface area contributed by atoms with E-state index in [2.05, 4.69) is 10.1 Å². The van der Waals surface area contributed by atoms with Crippen LogP contribution in [0.1, 0.15) is 6.42 Å². The van der Waals surface area contributed by atoms with Crippen LogP contribution in [0.5, 0.6) is 0 Å². The number of hydrogen-bond donors (Lipinski definition) is 2. The minimum absolute atomic E-state index is 0.0966. The van der Waals surface area contributed by atoms with Crippen molar-refractivity contribution < 1.29 is 22.7 Å². The SMILES string of the molecule is NCCNC(=O)C1(OC(F)(F)F)C=CC=CC1. The standard InChI is InChI=1S/C10H13F3N2O2/c11-10(12,13)17-9(4-2-1-3-5-9)8(16)15-7-6-14/h1-4H,5-7,14H2,(H,15,16). The Kier molecular flexibility index (Phi) is 4.30. The molecule has 1 rings (SSSR count). The molecule has 0 fully saturated rings. The van der Waals surface area contributed by atoms with E-state index < -0.39 is 17.9 Å². The highest BCUT2D eigenvalue weighted by Crippen LogP contribution is 2.31. The van der Waals surface area contributed by atoms with Gasteiger partial charge in [0.1, 0.15) is 0 Å². The van der Waals surface area contributed by atoms with Gasteiger partial charge in [-0.15, -0.1) is 13.2 Å². The first kappa shape index (κ1) is 13.7. The molecular formula is C10H13F3N2O2. The molecule has 1 amide bonds. The van der Waals surface area contributed by atoms with Gasteiger partial charge in [-0.2, -0.15) is 0 Å². The van der Waals surface area contributed by atoms with E-state index in [9.17, 15) is 18.0 Å². The topological polar surface area (TPSA) is 64.3 Å². The molecule has 96 valence electrons. The van der Waals surface area contributed by atoms with Crippen LogP contribution in [-0.2, 0) is 9.53 Å². The average molecular weight is 250 g/mol. The lowest BCUT2D eigenvalue weighted by Crippen LogP contribution is -2.51. The van der Waals surface area contributed by atoms with Crippen molar-refractivity contribution in [1.82, 2.24) is 5.32 Å². The normalized spacial score (nSPS) is 23.8. The highest BCUT2D eigenvalue weighted by atomic mass is 19.4.